The highest BCUT2D eigenvalue weighted by Gasteiger charge is 2.15. The number of rotatable bonds is 6. The lowest BCUT2D eigenvalue weighted by molar-refractivity contribution is -0.139. The van der Waals surface area contributed by atoms with Crippen molar-refractivity contribution in [3.63, 3.8) is 0 Å². The molecular formula is C13H15N3O4. The lowest BCUT2D eigenvalue weighted by Gasteiger charge is -2.13. The number of nitriles is 1. The van der Waals surface area contributed by atoms with Crippen LogP contribution in [0.2, 0.25) is 0 Å². The van der Waals surface area contributed by atoms with E-state index in [1.54, 1.807) is 6.92 Å². The second kappa shape index (κ2) is 7.21. The molecule has 7 heteroatoms. The molecule has 1 atom stereocenters. The second-order valence-corrected chi connectivity index (χ2v) is 4.11. The number of carboxylic acids is 1. The van der Waals surface area contributed by atoms with E-state index >= 15 is 0 Å². The number of methoxy groups -OCH3 is 1. The van der Waals surface area contributed by atoms with Crippen LogP contribution in [-0.4, -0.2) is 41.7 Å². The number of hydrogen-bond acceptors (Lipinski definition) is 5. The molecule has 7 nitrogen and oxygen atoms in total. The number of nitrogens with one attached hydrogen (secondary N) is 1. The third-order valence-corrected chi connectivity index (χ3v) is 2.66. The Morgan fingerprint density at radius 1 is 1.55 bits per heavy atom. The Balaban J connectivity index is 2.65. The van der Waals surface area contributed by atoms with Gasteiger partial charge in [0.15, 0.2) is 0 Å². The van der Waals surface area contributed by atoms with Crippen molar-refractivity contribution in [1.29, 1.82) is 5.26 Å². The standard InChI is InChI=1S/C13H15N3O4/c1-8-9(6-14)3-4-11(16-8)13(19)15-7-10(20-2)5-12(17)18/h3-4,10H,5,7H2,1-2H3,(H,15,19)(H,17,18). The summed E-state index contributed by atoms with van der Waals surface area (Å²) in [5.74, 6) is -1.44. The van der Waals surface area contributed by atoms with Crippen LogP contribution < -0.4 is 5.32 Å². The molecule has 0 bridgehead atoms. The normalized spacial score (nSPS) is 11.4. The first-order valence-electron chi connectivity index (χ1n) is 5.88. The van der Waals surface area contributed by atoms with Crippen molar-refractivity contribution < 1.29 is 19.4 Å². The topological polar surface area (TPSA) is 112 Å². The lowest BCUT2D eigenvalue weighted by Crippen LogP contribution is -2.34. The first-order chi connectivity index (χ1) is 9.47. The number of hydrogen-bond donors (Lipinski definition) is 2. The molecule has 1 aromatic rings. The maximum absolute atomic E-state index is 11.8. The molecule has 1 amide bonds. The monoisotopic (exact) mass is 277 g/mol. The van der Waals surface area contributed by atoms with Gasteiger partial charge in [-0.05, 0) is 19.1 Å². The summed E-state index contributed by atoms with van der Waals surface area (Å²) in [5.41, 5.74) is 1.04. The molecule has 0 aromatic carbocycles. The van der Waals surface area contributed by atoms with E-state index in [1.165, 1.54) is 19.2 Å². The Bertz CT molecular complexity index is 551. The van der Waals surface area contributed by atoms with Gasteiger partial charge in [0.25, 0.3) is 5.91 Å². The minimum atomic E-state index is -1.00. The minimum Gasteiger partial charge on any atom is -0.481 e. The molecule has 0 aliphatic heterocycles. The first-order valence-corrected chi connectivity index (χ1v) is 5.88. The number of aromatic nitrogens is 1. The van der Waals surface area contributed by atoms with Crippen molar-refractivity contribution in [1.82, 2.24) is 10.3 Å². The Morgan fingerprint density at radius 3 is 2.75 bits per heavy atom. The van der Waals surface area contributed by atoms with Crippen LogP contribution in [0, 0.1) is 18.3 Å². The number of aliphatic carboxylic acids is 1. The van der Waals surface area contributed by atoms with Crippen LogP contribution in [0.4, 0.5) is 0 Å². The van der Waals surface area contributed by atoms with Gasteiger partial charge in [0.1, 0.15) is 11.8 Å². The highest BCUT2D eigenvalue weighted by molar-refractivity contribution is 5.92. The fourth-order valence-corrected chi connectivity index (χ4v) is 1.54. The number of nitrogens with zero attached hydrogens (tertiary/aromatic N) is 2. The predicted molar refractivity (Wildman–Crippen MR) is 69.1 cm³/mol. The zero-order valence-corrected chi connectivity index (χ0v) is 11.2. The number of carboxylic acid groups (broad SMARTS) is 1. The fourth-order valence-electron chi connectivity index (χ4n) is 1.54. The predicted octanol–water partition coefficient (Wildman–Crippen LogP) is 0.481. The molecule has 1 heterocycles. The molecule has 0 radical (unpaired) electrons. The summed E-state index contributed by atoms with van der Waals surface area (Å²) in [7, 11) is 1.38. The molecule has 0 aliphatic carbocycles. The average Bonchev–Trinajstić information content (AvgIpc) is 2.42. The van der Waals surface area contributed by atoms with Crippen molar-refractivity contribution in [3.8, 4) is 6.07 Å². The molecule has 0 saturated carbocycles. The Kier molecular flexibility index (Phi) is 5.62. The van der Waals surface area contributed by atoms with Crippen molar-refractivity contribution >= 4 is 11.9 Å². The van der Waals surface area contributed by atoms with Crippen LogP contribution in [-0.2, 0) is 9.53 Å². The van der Waals surface area contributed by atoms with Crippen LogP contribution in [0.15, 0.2) is 12.1 Å². The Morgan fingerprint density at radius 2 is 2.25 bits per heavy atom. The summed E-state index contributed by atoms with van der Waals surface area (Å²) in [6.07, 6.45) is -0.799. The van der Waals surface area contributed by atoms with Gasteiger partial charge >= 0.3 is 5.97 Å². The van der Waals surface area contributed by atoms with Crippen molar-refractivity contribution in [2.24, 2.45) is 0 Å². The van der Waals surface area contributed by atoms with Gasteiger partial charge in [-0.2, -0.15) is 5.26 Å². The Hall–Kier alpha value is -2.46. The van der Waals surface area contributed by atoms with E-state index in [-0.39, 0.29) is 18.7 Å². The summed E-state index contributed by atoms with van der Waals surface area (Å²) < 4.78 is 4.95. The SMILES string of the molecule is COC(CNC(=O)c1ccc(C#N)c(C)n1)CC(=O)O. The molecule has 20 heavy (non-hydrogen) atoms. The number of pyridine rings is 1. The van der Waals surface area contributed by atoms with Crippen LogP contribution in [0.1, 0.15) is 28.2 Å². The van der Waals surface area contributed by atoms with Gasteiger partial charge < -0.3 is 15.2 Å². The lowest BCUT2D eigenvalue weighted by atomic mass is 10.2. The van der Waals surface area contributed by atoms with Crippen LogP contribution in [0.25, 0.3) is 0 Å². The molecule has 0 spiro atoms. The largest absolute Gasteiger partial charge is 0.481 e. The molecule has 2 N–H and O–H groups in total. The van der Waals surface area contributed by atoms with Gasteiger partial charge in [0.05, 0.1) is 23.8 Å². The summed E-state index contributed by atoms with van der Waals surface area (Å²) in [6.45, 7) is 1.71. The maximum atomic E-state index is 11.8. The van der Waals surface area contributed by atoms with Crippen molar-refractivity contribution in [3.05, 3.63) is 29.1 Å². The molecular weight excluding hydrogens is 262 g/mol. The minimum absolute atomic E-state index is 0.0718. The highest BCUT2D eigenvalue weighted by atomic mass is 16.5. The Labute approximate surface area is 116 Å². The average molecular weight is 277 g/mol. The summed E-state index contributed by atoms with van der Waals surface area (Å²) >= 11 is 0. The summed E-state index contributed by atoms with van der Waals surface area (Å²) in [5, 5.41) is 20.0. The van der Waals surface area contributed by atoms with Gasteiger partial charge in [-0.1, -0.05) is 0 Å². The zero-order chi connectivity index (χ0) is 15.1. The second-order valence-electron chi connectivity index (χ2n) is 4.11. The van der Waals surface area contributed by atoms with Crippen molar-refractivity contribution in [2.45, 2.75) is 19.4 Å². The maximum Gasteiger partial charge on any atom is 0.306 e. The van der Waals surface area contributed by atoms with Gasteiger partial charge in [0, 0.05) is 13.7 Å². The number of amides is 1. The summed E-state index contributed by atoms with van der Waals surface area (Å²) in [6, 6.07) is 4.92. The quantitative estimate of drug-likeness (QED) is 0.782. The number of ether oxygens (including phenoxy) is 1. The van der Waals surface area contributed by atoms with Crippen LogP contribution in [0.5, 0.6) is 0 Å². The first kappa shape index (κ1) is 15.6. The zero-order valence-electron chi connectivity index (χ0n) is 11.2. The van der Waals surface area contributed by atoms with E-state index in [0.717, 1.165) is 0 Å². The van der Waals surface area contributed by atoms with E-state index in [0.29, 0.717) is 11.3 Å². The van der Waals surface area contributed by atoms with Gasteiger partial charge in [0.2, 0.25) is 0 Å². The van der Waals surface area contributed by atoms with E-state index in [9.17, 15) is 9.59 Å². The van der Waals surface area contributed by atoms with Gasteiger partial charge in [-0.25, -0.2) is 4.98 Å². The molecule has 0 fully saturated rings. The van der Waals surface area contributed by atoms with E-state index in [1.807, 2.05) is 6.07 Å². The van der Waals surface area contributed by atoms with Crippen LogP contribution >= 0.6 is 0 Å². The molecule has 1 aromatic heterocycles. The number of carbonyl (C=O) groups excluding carboxylic acids is 1. The number of carbonyl (C=O) groups is 2. The van der Waals surface area contributed by atoms with E-state index < -0.39 is 18.0 Å². The van der Waals surface area contributed by atoms with E-state index in [2.05, 4.69) is 10.3 Å². The summed E-state index contributed by atoms with van der Waals surface area (Å²) in [4.78, 5) is 26.4. The third kappa shape index (κ3) is 4.33. The molecule has 0 aliphatic rings. The molecule has 1 rings (SSSR count). The molecule has 106 valence electrons. The number of aryl methyl sites for hydroxylation is 1. The highest BCUT2D eigenvalue weighted by Crippen LogP contribution is 2.05. The van der Waals surface area contributed by atoms with Crippen molar-refractivity contribution in [2.75, 3.05) is 13.7 Å². The van der Waals surface area contributed by atoms with Crippen LogP contribution in [0.3, 0.4) is 0 Å². The van der Waals surface area contributed by atoms with Gasteiger partial charge in [-0.3, -0.25) is 9.59 Å². The van der Waals surface area contributed by atoms with E-state index in [4.69, 9.17) is 15.1 Å². The fraction of sp³-hybridized carbons (Fsp3) is 0.385. The smallest absolute Gasteiger partial charge is 0.306 e. The molecule has 0 saturated heterocycles. The molecule has 1 unspecified atom stereocenters. The van der Waals surface area contributed by atoms with Gasteiger partial charge in [-0.15, -0.1) is 0 Å². The third-order valence-electron chi connectivity index (χ3n) is 2.66.